The third-order valence-corrected chi connectivity index (χ3v) is 5.48. The normalized spacial score (nSPS) is 16.9. The Balaban J connectivity index is 1.68. The van der Waals surface area contributed by atoms with Gasteiger partial charge in [-0.15, -0.1) is 11.3 Å². The number of nitrogens with one attached hydrogen (secondary N) is 1. The number of rotatable bonds is 3. The maximum Gasteiger partial charge on any atom is 0.319 e. The summed E-state index contributed by atoms with van der Waals surface area (Å²) in [4.78, 5) is 33.5. The summed E-state index contributed by atoms with van der Waals surface area (Å²) in [5, 5.41) is 3.41. The first kappa shape index (κ1) is 19.3. The van der Waals surface area contributed by atoms with E-state index in [1.807, 2.05) is 6.92 Å². The standard InChI is InChI=1S/C19H23FN4O2S/c1-12-16(13-6-8-15(20)9-7-13)21-18(27-12)22-17(25)14-5-4-10-24(11-14)19(26)23(2)3/h6-9,14H,4-5,10-11H2,1-3H3,(H,21,22,25)/t14-/m1/s1. The minimum atomic E-state index is -0.297. The zero-order chi connectivity index (χ0) is 19.6. The van der Waals surface area contributed by atoms with Crippen molar-refractivity contribution in [1.82, 2.24) is 14.8 Å². The van der Waals surface area contributed by atoms with E-state index < -0.39 is 0 Å². The van der Waals surface area contributed by atoms with E-state index in [9.17, 15) is 14.0 Å². The zero-order valence-corrected chi connectivity index (χ0v) is 16.5. The number of benzene rings is 1. The first-order valence-corrected chi connectivity index (χ1v) is 9.67. The summed E-state index contributed by atoms with van der Waals surface area (Å²) in [5.41, 5.74) is 1.55. The highest BCUT2D eigenvalue weighted by atomic mass is 32.1. The van der Waals surface area contributed by atoms with Crippen LogP contribution in [0.5, 0.6) is 0 Å². The van der Waals surface area contributed by atoms with E-state index in [2.05, 4.69) is 10.3 Å². The van der Waals surface area contributed by atoms with E-state index in [4.69, 9.17) is 0 Å². The van der Waals surface area contributed by atoms with Crippen LogP contribution in [-0.2, 0) is 4.79 Å². The average Bonchev–Trinajstić information content (AvgIpc) is 3.01. The number of piperidine rings is 1. The van der Waals surface area contributed by atoms with E-state index in [1.54, 1.807) is 31.1 Å². The fourth-order valence-electron chi connectivity index (χ4n) is 3.18. The molecule has 1 fully saturated rings. The first-order chi connectivity index (χ1) is 12.8. The van der Waals surface area contributed by atoms with Gasteiger partial charge in [0.25, 0.3) is 0 Å². The molecule has 1 aromatic heterocycles. The molecule has 2 aromatic rings. The van der Waals surface area contributed by atoms with Crippen LogP contribution in [0.4, 0.5) is 14.3 Å². The van der Waals surface area contributed by atoms with Crippen molar-refractivity contribution in [3.05, 3.63) is 35.0 Å². The van der Waals surface area contributed by atoms with Crippen molar-refractivity contribution in [3.63, 3.8) is 0 Å². The summed E-state index contributed by atoms with van der Waals surface area (Å²) in [5.74, 6) is -0.666. The van der Waals surface area contributed by atoms with Crippen LogP contribution in [0.25, 0.3) is 11.3 Å². The van der Waals surface area contributed by atoms with Gasteiger partial charge in [-0.1, -0.05) is 0 Å². The van der Waals surface area contributed by atoms with Gasteiger partial charge < -0.3 is 15.1 Å². The molecule has 0 aliphatic carbocycles. The Bertz CT molecular complexity index is 835. The molecule has 0 spiro atoms. The van der Waals surface area contributed by atoms with Gasteiger partial charge in [0.2, 0.25) is 5.91 Å². The molecule has 1 aliphatic heterocycles. The monoisotopic (exact) mass is 390 g/mol. The number of carbonyl (C=O) groups is 2. The maximum absolute atomic E-state index is 13.1. The second-order valence-corrected chi connectivity index (χ2v) is 8.09. The molecule has 6 nitrogen and oxygen atoms in total. The first-order valence-electron chi connectivity index (χ1n) is 8.85. The third-order valence-electron chi connectivity index (χ3n) is 4.59. The van der Waals surface area contributed by atoms with Crippen LogP contribution in [0.3, 0.4) is 0 Å². The lowest BCUT2D eigenvalue weighted by Gasteiger charge is -2.33. The van der Waals surface area contributed by atoms with Crippen molar-refractivity contribution < 1.29 is 14.0 Å². The van der Waals surface area contributed by atoms with Gasteiger partial charge in [0.15, 0.2) is 5.13 Å². The molecule has 0 radical (unpaired) electrons. The lowest BCUT2D eigenvalue weighted by atomic mass is 9.97. The maximum atomic E-state index is 13.1. The number of hydrogen-bond acceptors (Lipinski definition) is 4. The highest BCUT2D eigenvalue weighted by molar-refractivity contribution is 7.16. The molecule has 1 atom stereocenters. The molecule has 27 heavy (non-hydrogen) atoms. The van der Waals surface area contributed by atoms with Crippen molar-refractivity contribution in [2.75, 3.05) is 32.5 Å². The van der Waals surface area contributed by atoms with Gasteiger partial charge >= 0.3 is 6.03 Å². The number of nitrogens with zero attached hydrogens (tertiary/aromatic N) is 3. The minimum Gasteiger partial charge on any atom is -0.331 e. The van der Waals surface area contributed by atoms with Gasteiger partial charge in [-0.05, 0) is 44.0 Å². The van der Waals surface area contributed by atoms with Gasteiger partial charge in [-0.3, -0.25) is 4.79 Å². The smallest absolute Gasteiger partial charge is 0.319 e. The Morgan fingerprint density at radius 3 is 2.67 bits per heavy atom. The van der Waals surface area contributed by atoms with Crippen molar-refractivity contribution >= 4 is 28.4 Å². The second kappa shape index (κ2) is 8.04. The number of amides is 3. The number of aryl methyl sites for hydroxylation is 1. The van der Waals surface area contributed by atoms with Gasteiger partial charge in [-0.2, -0.15) is 0 Å². The van der Waals surface area contributed by atoms with Crippen molar-refractivity contribution in [2.45, 2.75) is 19.8 Å². The third kappa shape index (κ3) is 4.44. The van der Waals surface area contributed by atoms with Crippen LogP contribution in [0.2, 0.25) is 0 Å². The number of anilines is 1. The SMILES string of the molecule is Cc1sc(NC(=O)[C@@H]2CCCN(C(=O)N(C)C)C2)nc1-c1ccc(F)cc1. The number of halogens is 1. The van der Waals surface area contributed by atoms with Crippen molar-refractivity contribution in [1.29, 1.82) is 0 Å². The fourth-order valence-corrected chi connectivity index (χ4v) is 4.02. The Hall–Kier alpha value is -2.48. The fraction of sp³-hybridized carbons (Fsp3) is 0.421. The molecule has 0 bridgehead atoms. The number of thiazole rings is 1. The van der Waals surface area contributed by atoms with Crippen LogP contribution >= 0.6 is 11.3 Å². The van der Waals surface area contributed by atoms with Gasteiger partial charge in [0.1, 0.15) is 5.82 Å². The summed E-state index contributed by atoms with van der Waals surface area (Å²) >= 11 is 1.39. The van der Waals surface area contributed by atoms with E-state index in [0.717, 1.165) is 29.0 Å². The average molecular weight is 390 g/mol. The molecule has 144 valence electrons. The molecule has 1 aliphatic rings. The Labute approximate surface area is 162 Å². The van der Waals surface area contributed by atoms with Crippen LogP contribution in [0.1, 0.15) is 17.7 Å². The Kier molecular flexibility index (Phi) is 5.74. The largest absolute Gasteiger partial charge is 0.331 e. The number of hydrogen-bond donors (Lipinski definition) is 1. The Morgan fingerprint density at radius 1 is 1.30 bits per heavy atom. The summed E-state index contributed by atoms with van der Waals surface area (Å²) in [6, 6.07) is 6.07. The van der Waals surface area contributed by atoms with Crippen LogP contribution in [0.15, 0.2) is 24.3 Å². The number of urea groups is 1. The summed E-state index contributed by atoms with van der Waals surface area (Å²) in [7, 11) is 3.42. The van der Waals surface area contributed by atoms with E-state index >= 15 is 0 Å². The van der Waals surface area contributed by atoms with E-state index in [1.165, 1.54) is 28.4 Å². The lowest BCUT2D eigenvalue weighted by molar-refractivity contribution is -0.121. The quantitative estimate of drug-likeness (QED) is 0.871. The van der Waals surface area contributed by atoms with Gasteiger partial charge in [-0.25, -0.2) is 14.2 Å². The number of carbonyl (C=O) groups excluding carboxylic acids is 2. The molecule has 0 saturated carbocycles. The second-order valence-electron chi connectivity index (χ2n) is 6.88. The predicted octanol–water partition coefficient (Wildman–Crippen LogP) is 3.59. The summed E-state index contributed by atoms with van der Waals surface area (Å²) in [6.45, 7) is 3.01. The molecule has 1 aromatic carbocycles. The molecule has 8 heteroatoms. The minimum absolute atomic E-state index is 0.0730. The lowest BCUT2D eigenvalue weighted by Crippen LogP contribution is -2.47. The van der Waals surface area contributed by atoms with Crippen LogP contribution in [-0.4, -0.2) is 53.9 Å². The van der Waals surface area contributed by atoms with Crippen molar-refractivity contribution in [3.8, 4) is 11.3 Å². The summed E-state index contributed by atoms with van der Waals surface area (Å²) in [6.07, 6.45) is 1.55. The van der Waals surface area contributed by atoms with Gasteiger partial charge in [0.05, 0.1) is 11.6 Å². The molecule has 0 unspecified atom stereocenters. The highest BCUT2D eigenvalue weighted by Gasteiger charge is 2.29. The van der Waals surface area contributed by atoms with Crippen molar-refractivity contribution in [2.24, 2.45) is 5.92 Å². The highest BCUT2D eigenvalue weighted by Crippen LogP contribution is 2.31. The Morgan fingerprint density at radius 2 is 2.00 bits per heavy atom. The topological polar surface area (TPSA) is 65.5 Å². The van der Waals surface area contributed by atoms with Gasteiger partial charge in [0, 0.05) is 37.6 Å². The van der Waals surface area contributed by atoms with Crippen LogP contribution in [0, 0.1) is 18.7 Å². The zero-order valence-electron chi connectivity index (χ0n) is 15.7. The number of aromatic nitrogens is 1. The molecular weight excluding hydrogens is 367 g/mol. The van der Waals surface area contributed by atoms with E-state index in [-0.39, 0.29) is 23.7 Å². The van der Waals surface area contributed by atoms with Crippen LogP contribution < -0.4 is 5.32 Å². The predicted molar refractivity (Wildman–Crippen MR) is 104 cm³/mol. The molecule has 1 saturated heterocycles. The molecule has 3 rings (SSSR count). The molecule has 1 N–H and O–H groups in total. The van der Waals surface area contributed by atoms with E-state index in [0.29, 0.717) is 18.2 Å². The molecule has 3 amide bonds. The molecular formula is C19H23FN4O2S. The summed E-state index contributed by atoms with van der Waals surface area (Å²) < 4.78 is 13.1. The molecule has 2 heterocycles. The number of likely N-dealkylation sites (tertiary alicyclic amines) is 1.